The number of pyridine rings is 1. The molecule has 0 aliphatic carbocycles. The molecule has 1 N–H and O–H groups in total. The van der Waals surface area contributed by atoms with Crippen LogP contribution in [0, 0.1) is 6.92 Å². The van der Waals surface area contributed by atoms with Gasteiger partial charge in [0.1, 0.15) is 28.9 Å². The van der Waals surface area contributed by atoms with Crippen molar-refractivity contribution in [2.45, 2.75) is 32.4 Å². The average Bonchev–Trinajstić information content (AvgIpc) is 3.33. The van der Waals surface area contributed by atoms with Gasteiger partial charge in [-0.2, -0.15) is 4.37 Å². The van der Waals surface area contributed by atoms with Crippen LogP contribution in [0.25, 0.3) is 10.7 Å². The monoisotopic (exact) mass is 531 g/mol. The summed E-state index contributed by atoms with van der Waals surface area (Å²) < 4.78 is 20.8. The lowest BCUT2D eigenvalue weighted by Crippen LogP contribution is -2.41. The summed E-state index contributed by atoms with van der Waals surface area (Å²) in [6.45, 7) is 3.10. The highest BCUT2D eigenvalue weighted by atomic mass is 35.5. The lowest BCUT2D eigenvalue weighted by molar-refractivity contribution is 0.0788. The van der Waals surface area contributed by atoms with Gasteiger partial charge in [-0.05, 0) is 36.2 Å². The second-order valence-electron chi connectivity index (χ2n) is 8.12. The highest BCUT2D eigenvalue weighted by molar-refractivity contribution is 7.09. The van der Waals surface area contributed by atoms with Crippen molar-refractivity contribution in [1.82, 2.24) is 24.6 Å². The molecule has 1 aliphatic rings. The van der Waals surface area contributed by atoms with Gasteiger partial charge in [0.2, 0.25) is 5.88 Å². The van der Waals surface area contributed by atoms with E-state index in [0.717, 1.165) is 5.56 Å². The molecule has 12 heteroatoms. The van der Waals surface area contributed by atoms with Crippen molar-refractivity contribution in [3.05, 3.63) is 52.3 Å². The average molecular weight is 532 g/mol. The van der Waals surface area contributed by atoms with E-state index in [1.807, 2.05) is 12.1 Å². The Morgan fingerprint density at radius 1 is 1.17 bits per heavy atom. The number of benzene rings is 1. The summed E-state index contributed by atoms with van der Waals surface area (Å²) >= 11 is 7.13. The van der Waals surface area contributed by atoms with E-state index in [0.29, 0.717) is 59.8 Å². The summed E-state index contributed by atoms with van der Waals surface area (Å²) in [7, 11) is 2.82. The number of ether oxygens (including phenoxy) is 3. The molecule has 1 saturated heterocycles. The van der Waals surface area contributed by atoms with E-state index in [9.17, 15) is 9.59 Å². The van der Waals surface area contributed by atoms with Crippen LogP contribution in [0.5, 0.6) is 11.6 Å². The third kappa shape index (κ3) is 6.03. The molecule has 0 bridgehead atoms. The maximum Gasteiger partial charge on any atom is 0.409 e. The largest absolute Gasteiger partial charge is 0.488 e. The fourth-order valence-electron chi connectivity index (χ4n) is 3.78. The molecular weight excluding hydrogens is 506 g/mol. The number of hydrogen-bond donors (Lipinski definition) is 1. The number of likely N-dealkylation sites (tertiary alicyclic amines) is 1. The number of methoxy groups -OCH3 is 2. The zero-order chi connectivity index (χ0) is 25.7. The highest BCUT2D eigenvalue weighted by Crippen LogP contribution is 2.35. The van der Waals surface area contributed by atoms with Crippen molar-refractivity contribution < 1.29 is 23.8 Å². The zero-order valence-corrected chi connectivity index (χ0v) is 21.7. The topological polar surface area (TPSA) is 116 Å². The quantitative estimate of drug-likeness (QED) is 0.484. The summed E-state index contributed by atoms with van der Waals surface area (Å²) in [6, 6.07) is 8.84. The van der Waals surface area contributed by atoms with Crippen LogP contribution in [-0.4, -0.2) is 64.7 Å². The first-order valence-corrected chi connectivity index (χ1v) is 12.4. The summed E-state index contributed by atoms with van der Waals surface area (Å²) in [6.07, 6.45) is 0.671. The van der Waals surface area contributed by atoms with Crippen LogP contribution in [0.1, 0.15) is 34.6 Å². The predicted octanol–water partition coefficient (Wildman–Crippen LogP) is 4.11. The molecule has 36 heavy (non-hydrogen) atoms. The summed E-state index contributed by atoms with van der Waals surface area (Å²) in [5.74, 6) is 0.803. The lowest BCUT2D eigenvalue weighted by atomic mass is 10.1. The molecule has 3 aromatic rings. The molecule has 2 aromatic heterocycles. The van der Waals surface area contributed by atoms with Crippen molar-refractivity contribution in [2.24, 2.45) is 0 Å². The summed E-state index contributed by atoms with van der Waals surface area (Å²) in [5, 5.41) is 4.07. The van der Waals surface area contributed by atoms with Gasteiger partial charge in [0.25, 0.3) is 5.91 Å². The van der Waals surface area contributed by atoms with Crippen LogP contribution in [0.2, 0.25) is 5.02 Å². The minimum Gasteiger partial charge on any atom is -0.488 e. The van der Waals surface area contributed by atoms with Crippen LogP contribution in [-0.2, 0) is 11.3 Å². The lowest BCUT2D eigenvalue weighted by Gasteiger charge is -2.31. The third-order valence-corrected chi connectivity index (χ3v) is 6.72. The molecule has 1 aromatic carbocycles. The minimum absolute atomic E-state index is 0.152. The Morgan fingerprint density at radius 2 is 1.89 bits per heavy atom. The smallest absolute Gasteiger partial charge is 0.409 e. The van der Waals surface area contributed by atoms with Gasteiger partial charge >= 0.3 is 6.09 Å². The van der Waals surface area contributed by atoms with Crippen molar-refractivity contribution >= 4 is 35.1 Å². The number of aromatic nitrogens is 3. The molecule has 0 saturated carbocycles. The number of carbonyl (C=O) groups excluding carboxylic acids is 2. The number of halogens is 1. The SMILES string of the molecule is COC(=O)N1CCC(Oc2cc(C(=O)NCc3ccc(Cl)cc3)c(OC)nc2-c2nc(C)ns2)CC1. The molecule has 3 heterocycles. The number of hydrogen-bond acceptors (Lipinski definition) is 9. The van der Waals surface area contributed by atoms with E-state index in [1.165, 1.54) is 25.8 Å². The Kier molecular flexibility index (Phi) is 8.21. The molecule has 1 aliphatic heterocycles. The van der Waals surface area contributed by atoms with E-state index >= 15 is 0 Å². The van der Waals surface area contributed by atoms with Crippen LogP contribution < -0.4 is 14.8 Å². The van der Waals surface area contributed by atoms with Crippen molar-refractivity contribution in [3.63, 3.8) is 0 Å². The van der Waals surface area contributed by atoms with E-state index in [1.54, 1.807) is 30.0 Å². The highest BCUT2D eigenvalue weighted by Gasteiger charge is 2.28. The first-order valence-electron chi connectivity index (χ1n) is 11.3. The molecule has 0 radical (unpaired) electrons. The van der Waals surface area contributed by atoms with Gasteiger partial charge in [0.05, 0.1) is 14.2 Å². The Morgan fingerprint density at radius 3 is 2.50 bits per heavy atom. The zero-order valence-electron chi connectivity index (χ0n) is 20.1. The van der Waals surface area contributed by atoms with Gasteiger partial charge in [-0.25, -0.2) is 14.8 Å². The number of piperidine rings is 1. The molecule has 0 spiro atoms. The van der Waals surface area contributed by atoms with Crippen molar-refractivity contribution in [2.75, 3.05) is 27.3 Å². The summed E-state index contributed by atoms with van der Waals surface area (Å²) in [4.78, 5) is 35.6. The number of carbonyl (C=O) groups is 2. The number of aryl methyl sites for hydroxylation is 1. The molecule has 2 amide bonds. The Bertz CT molecular complexity index is 1230. The van der Waals surface area contributed by atoms with Crippen molar-refractivity contribution in [1.29, 1.82) is 0 Å². The van der Waals surface area contributed by atoms with E-state index < -0.39 is 0 Å². The molecule has 190 valence electrons. The number of amides is 2. The molecule has 1 fully saturated rings. The standard InChI is InChI=1S/C24H26ClN5O5S/c1-14-27-23(36-29-14)20-19(35-17-8-10-30(11-9-17)24(32)34-3)12-18(22(28-20)33-2)21(31)26-13-15-4-6-16(25)7-5-15/h4-7,12,17H,8-11,13H2,1-3H3,(H,26,31). The van der Waals surface area contributed by atoms with Crippen molar-refractivity contribution in [3.8, 4) is 22.3 Å². The van der Waals surface area contributed by atoms with Crippen LogP contribution in [0.3, 0.4) is 0 Å². The fraction of sp³-hybridized carbons (Fsp3) is 0.375. The van der Waals surface area contributed by atoms with Gasteiger partial charge < -0.3 is 24.4 Å². The third-order valence-electron chi connectivity index (χ3n) is 5.66. The van der Waals surface area contributed by atoms with Gasteiger partial charge in [-0.15, -0.1) is 0 Å². The Hall–Kier alpha value is -3.44. The van der Waals surface area contributed by atoms with E-state index in [2.05, 4.69) is 19.7 Å². The Balaban J connectivity index is 1.59. The van der Waals surface area contributed by atoms with Crippen LogP contribution in [0.15, 0.2) is 30.3 Å². The van der Waals surface area contributed by atoms with Gasteiger partial charge in [0.15, 0.2) is 5.01 Å². The van der Waals surface area contributed by atoms with E-state index in [4.69, 9.17) is 25.8 Å². The first kappa shape index (κ1) is 25.6. The number of nitrogens with zero attached hydrogens (tertiary/aromatic N) is 4. The molecule has 10 nitrogen and oxygen atoms in total. The Labute approximate surface area is 217 Å². The molecular formula is C24H26ClN5O5S. The van der Waals surface area contributed by atoms with Gasteiger partial charge in [-0.1, -0.05) is 23.7 Å². The predicted molar refractivity (Wildman–Crippen MR) is 135 cm³/mol. The van der Waals surface area contributed by atoms with E-state index in [-0.39, 0.29) is 29.5 Å². The molecule has 0 unspecified atom stereocenters. The van der Waals surface area contributed by atoms with Gasteiger partial charge in [0, 0.05) is 43.6 Å². The van der Waals surface area contributed by atoms with Gasteiger partial charge in [-0.3, -0.25) is 4.79 Å². The second kappa shape index (κ2) is 11.5. The minimum atomic E-state index is -0.361. The maximum atomic E-state index is 13.1. The first-order chi connectivity index (χ1) is 17.4. The second-order valence-corrected chi connectivity index (χ2v) is 9.31. The summed E-state index contributed by atoms with van der Waals surface area (Å²) in [5.41, 5.74) is 1.58. The fourth-order valence-corrected chi connectivity index (χ4v) is 4.57. The normalized spacial score (nSPS) is 13.8. The number of nitrogens with one attached hydrogen (secondary N) is 1. The maximum absolute atomic E-state index is 13.1. The van der Waals surface area contributed by atoms with Crippen LogP contribution in [0.4, 0.5) is 4.79 Å². The van der Waals surface area contributed by atoms with Crippen LogP contribution >= 0.6 is 23.1 Å². The number of rotatable bonds is 7. The molecule has 4 rings (SSSR count). The molecule has 0 atom stereocenters.